The fourth-order valence-corrected chi connectivity index (χ4v) is 5.89. The number of rotatable bonds is 3. The number of benzene rings is 2. The molecule has 5 rings (SSSR count). The number of para-hydroxylation sites is 1. The van der Waals surface area contributed by atoms with E-state index in [2.05, 4.69) is 15.5 Å². The molecule has 0 saturated carbocycles. The van der Waals surface area contributed by atoms with Gasteiger partial charge < -0.3 is 25.0 Å². The minimum atomic E-state index is -0.708. The number of carbonyl (C=O) groups is 3. The fourth-order valence-electron chi connectivity index (χ4n) is 5.68. The molecular formula is C29H35ClN4O5. The summed E-state index contributed by atoms with van der Waals surface area (Å²) < 4.78 is 12.4. The largest absolute Gasteiger partial charge is 0.493 e. The smallest absolute Gasteiger partial charge is 0.258 e. The van der Waals surface area contributed by atoms with E-state index in [-0.39, 0.29) is 42.5 Å². The van der Waals surface area contributed by atoms with E-state index in [1.807, 2.05) is 36.4 Å². The Bertz CT molecular complexity index is 1210. The number of hydrogen-bond acceptors (Lipinski definition) is 6. The Kier molecular flexibility index (Phi) is 8.69. The van der Waals surface area contributed by atoms with Gasteiger partial charge in [-0.15, -0.1) is 0 Å². The number of carbonyl (C=O) groups excluding carboxylic acids is 3. The quantitative estimate of drug-likeness (QED) is 0.605. The molecule has 3 aliphatic rings. The number of amides is 3. The van der Waals surface area contributed by atoms with Crippen molar-refractivity contribution in [2.24, 2.45) is 0 Å². The molecule has 3 aliphatic heterocycles. The van der Waals surface area contributed by atoms with Crippen LogP contribution in [-0.2, 0) is 20.9 Å². The maximum atomic E-state index is 13.8. The lowest BCUT2D eigenvalue weighted by atomic mass is 9.96. The molecular weight excluding hydrogens is 520 g/mol. The molecule has 0 radical (unpaired) electrons. The standard InChI is InChI=1S/C29H35ClN4O5/c1-19(35)32-24-10-9-22-11-14-38-26-8-3-2-7-23(26)29(37)34-13-12-33(17-20-5-4-6-21(30)15-20)18-25(34)28(36)31-16-27(24)39-22/h2-8,15,22,24-25,27H,9-14,16-18H2,1H3,(H,31,36)(H,32,35)/t22-,24+,25-,27+/m0/s1. The van der Waals surface area contributed by atoms with Crippen molar-refractivity contribution in [1.82, 2.24) is 20.4 Å². The van der Waals surface area contributed by atoms with Crippen molar-refractivity contribution in [2.45, 2.75) is 57.0 Å². The van der Waals surface area contributed by atoms with Crippen LogP contribution in [0.4, 0.5) is 0 Å². The van der Waals surface area contributed by atoms with E-state index in [9.17, 15) is 14.4 Å². The highest BCUT2D eigenvalue weighted by molar-refractivity contribution is 6.30. The molecule has 2 aromatic carbocycles. The van der Waals surface area contributed by atoms with Crippen LogP contribution in [0.2, 0.25) is 5.02 Å². The number of fused-ring (bicyclic) bond motifs is 4. The highest BCUT2D eigenvalue weighted by Crippen LogP contribution is 2.26. The Hall–Kier alpha value is -3.14. The van der Waals surface area contributed by atoms with Crippen LogP contribution in [0.15, 0.2) is 48.5 Å². The first kappa shape index (κ1) is 27.4. The number of ether oxygens (including phenoxy) is 2. The van der Waals surface area contributed by atoms with Gasteiger partial charge >= 0.3 is 0 Å². The summed E-state index contributed by atoms with van der Waals surface area (Å²) in [6, 6.07) is 13.9. The maximum Gasteiger partial charge on any atom is 0.258 e. The van der Waals surface area contributed by atoms with Crippen LogP contribution in [0.5, 0.6) is 5.75 Å². The number of nitrogens with zero attached hydrogens (tertiary/aromatic N) is 2. The zero-order chi connectivity index (χ0) is 27.4. The van der Waals surface area contributed by atoms with Crippen LogP contribution in [0.1, 0.15) is 42.1 Å². The van der Waals surface area contributed by atoms with Gasteiger partial charge in [0.05, 0.1) is 30.4 Å². The summed E-state index contributed by atoms with van der Waals surface area (Å²) in [5.41, 5.74) is 1.49. The molecule has 2 aromatic rings. The first-order valence-corrected chi connectivity index (χ1v) is 13.9. The summed E-state index contributed by atoms with van der Waals surface area (Å²) in [6.07, 6.45) is 1.73. The second-order valence-corrected chi connectivity index (χ2v) is 10.9. The van der Waals surface area contributed by atoms with Crippen LogP contribution < -0.4 is 15.4 Å². The molecule has 9 nitrogen and oxygen atoms in total. The number of piperazine rings is 1. The molecule has 0 aliphatic carbocycles. The zero-order valence-electron chi connectivity index (χ0n) is 22.1. The van der Waals surface area contributed by atoms with E-state index in [1.54, 1.807) is 17.0 Å². The lowest BCUT2D eigenvalue weighted by Gasteiger charge is -2.42. The Labute approximate surface area is 233 Å². The topological polar surface area (TPSA) is 100 Å². The molecule has 2 saturated heterocycles. The van der Waals surface area contributed by atoms with Crippen molar-refractivity contribution < 1.29 is 23.9 Å². The average molecular weight is 555 g/mol. The summed E-state index contributed by atoms with van der Waals surface area (Å²) in [7, 11) is 0. The van der Waals surface area contributed by atoms with Gasteiger partial charge in [-0.25, -0.2) is 0 Å². The van der Waals surface area contributed by atoms with E-state index in [0.717, 1.165) is 18.4 Å². The van der Waals surface area contributed by atoms with Gasteiger partial charge in [0.25, 0.3) is 5.91 Å². The number of halogens is 1. The van der Waals surface area contributed by atoms with E-state index in [4.69, 9.17) is 21.1 Å². The Morgan fingerprint density at radius 2 is 1.95 bits per heavy atom. The molecule has 0 spiro atoms. The second kappa shape index (κ2) is 12.4. The molecule has 39 heavy (non-hydrogen) atoms. The van der Waals surface area contributed by atoms with Gasteiger partial charge in [0, 0.05) is 51.1 Å². The van der Waals surface area contributed by atoms with Gasteiger partial charge in [-0.1, -0.05) is 35.9 Å². The summed E-state index contributed by atoms with van der Waals surface area (Å²) in [4.78, 5) is 43.1. The van der Waals surface area contributed by atoms with Crippen LogP contribution in [0.3, 0.4) is 0 Å². The highest BCUT2D eigenvalue weighted by Gasteiger charge is 2.38. The average Bonchev–Trinajstić information content (AvgIpc) is 2.92. The van der Waals surface area contributed by atoms with Gasteiger partial charge in [0.1, 0.15) is 11.8 Å². The Morgan fingerprint density at radius 3 is 2.77 bits per heavy atom. The first-order valence-electron chi connectivity index (χ1n) is 13.6. The molecule has 4 atom stereocenters. The second-order valence-electron chi connectivity index (χ2n) is 10.4. The molecule has 0 unspecified atom stereocenters. The van der Waals surface area contributed by atoms with Crippen LogP contribution >= 0.6 is 11.6 Å². The van der Waals surface area contributed by atoms with E-state index in [1.165, 1.54) is 6.92 Å². The molecule has 208 valence electrons. The van der Waals surface area contributed by atoms with Crippen LogP contribution in [-0.4, -0.2) is 84.6 Å². The van der Waals surface area contributed by atoms with Crippen molar-refractivity contribution in [3.8, 4) is 5.75 Å². The molecule has 10 heteroatoms. The minimum absolute atomic E-state index is 0.0675. The SMILES string of the molecule is CC(=O)N[C@@H]1CC[C@H]2CCOc3ccccc3C(=O)N3CCN(Cc4cccc(Cl)c4)C[C@H]3C(=O)NC[C@H]1O2. The first-order chi connectivity index (χ1) is 18.9. The van der Waals surface area contributed by atoms with E-state index < -0.39 is 6.04 Å². The van der Waals surface area contributed by atoms with E-state index >= 15 is 0 Å². The van der Waals surface area contributed by atoms with Crippen molar-refractivity contribution in [3.05, 3.63) is 64.7 Å². The Balaban J connectivity index is 1.41. The van der Waals surface area contributed by atoms with Crippen LogP contribution in [0, 0.1) is 0 Å². The predicted molar refractivity (Wildman–Crippen MR) is 147 cm³/mol. The summed E-state index contributed by atoms with van der Waals surface area (Å²) in [6.45, 7) is 4.12. The van der Waals surface area contributed by atoms with Gasteiger partial charge in [0.2, 0.25) is 11.8 Å². The summed E-state index contributed by atoms with van der Waals surface area (Å²) >= 11 is 6.19. The summed E-state index contributed by atoms with van der Waals surface area (Å²) in [5.74, 6) is -0.100. The zero-order valence-corrected chi connectivity index (χ0v) is 22.9. The third-order valence-corrected chi connectivity index (χ3v) is 7.85. The normalized spacial score (nSPS) is 26.4. The van der Waals surface area contributed by atoms with Gasteiger partial charge in [0.15, 0.2) is 0 Å². The van der Waals surface area contributed by atoms with Crippen molar-refractivity contribution in [3.63, 3.8) is 0 Å². The lowest BCUT2D eigenvalue weighted by molar-refractivity contribution is -0.131. The third kappa shape index (κ3) is 6.72. The molecule has 2 N–H and O–H groups in total. The highest BCUT2D eigenvalue weighted by atomic mass is 35.5. The minimum Gasteiger partial charge on any atom is -0.493 e. The molecule has 3 heterocycles. The third-order valence-electron chi connectivity index (χ3n) is 7.62. The van der Waals surface area contributed by atoms with Crippen LogP contribution in [0.25, 0.3) is 0 Å². The molecule has 3 amide bonds. The summed E-state index contributed by atoms with van der Waals surface area (Å²) in [5, 5.41) is 6.68. The lowest BCUT2D eigenvalue weighted by Crippen LogP contribution is -2.61. The predicted octanol–water partition coefficient (Wildman–Crippen LogP) is 2.62. The molecule has 0 aromatic heterocycles. The maximum absolute atomic E-state index is 13.8. The number of hydrogen-bond donors (Lipinski definition) is 2. The monoisotopic (exact) mass is 554 g/mol. The fraction of sp³-hybridized carbons (Fsp3) is 0.483. The van der Waals surface area contributed by atoms with Gasteiger partial charge in [-0.3, -0.25) is 19.3 Å². The van der Waals surface area contributed by atoms with Gasteiger partial charge in [-0.05, 0) is 42.7 Å². The number of nitrogens with one attached hydrogen (secondary N) is 2. The Morgan fingerprint density at radius 1 is 1.10 bits per heavy atom. The molecule has 2 fully saturated rings. The van der Waals surface area contributed by atoms with E-state index in [0.29, 0.717) is 55.5 Å². The van der Waals surface area contributed by atoms with Gasteiger partial charge in [-0.2, -0.15) is 0 Å². The van der Waals surface area contributed by atoms with Crippen molar-refractivity contribution in [2.75, 3.05) is 32.8 Å². The van der Waals surface area contributed by atoms with Crippen molar-refractivity contribution in [1.29, 1.82) is 0 Å². The van der Waals surface area contributed by atoms with Crippen molar-refractivity contribution >= 4 is 29.3 Å². The molecule has 2 bridgehead atoms.